The average molecular weight is 319 g/mol. The number of carbonyl (C=O) groups is 1. The van der Waals surface area contributed by atoms with Crippen LogP contribution in [0, 0.1) is 6.92 Å². The van der Waals surface area contributed by atoms with Gasteiger partial charge in [-0.15, -0.1) is 0 Å². The van der Waals surface area contributed by atoms with E-state index >= 15 is 0 Å². The van der Waals surface area contributed by atoms with Gasteiger partial charge in [-0.2, -0.15) is 18.3 Å². The molecule has 0 spiro atoms. The van der Waals surface area contributed by atoms with Crippen LogP contribution in [0.1, 0.15) is 42.9 Å². The molecule has 1 aliphatic heterocycles. The molecule has 8 heteroatoms. The molecule has 22 heavy (non-hydrogen) atoms. The topological polar surface area (TPSA) is 47.4 Å². The van der Waals surface area contributed by atoms with Crippen LogP contribution in [0.5, 0.6) is 0 Å². The van der Waals surface area contributed by atoms with Crippen molar-refractivity contribution in [2.24, 2.45) is 0 Å². The monoisotopic (exact) mass is 319 g/mol. The zero-order valence-corrected chi connectivity index (χ0v) is 13.0. The second-order valence-corrected chi connectivity index (χ2v) is 5.76. The Morgan fingerprint density at radius 3 is 2.59 bits per heavy atom. The SMILES string of the molecule is Cc1nn(C(C)C)cc1C(=O)N1CCO[C@@H](C)[C@H]1C(F)(F)F. The molecule has 1 aliphatic rings. The van der Waals surface area contributed by atoms with Gasteiger partial charge in [0.1, 0.15) is 0 Å². The maximum absolute atomic E-state index is 13.3. The molecule has 0 saturated carbocycles. The maximum Gasteiger partial charge on any atom is 0.411 e. The zero-order chi connectivity index (χ0) is 16.7. The summed E-state index contributed by atoms with van der Waals surface area (Å²) in [6.45, 7) is 6.74. The standard InChI is InChI=1S/C14H20F3N3O2/c1-8(2)20-7-11(9(3)18-20)13(21)19-5-6-22-10(4)12(19)14(15,16)17/h7-8,10,12H,5-6H2,1-4H3/t10-,12-/m0/s1. The van der Waals surface area contributed by atoms with Crippen molar-refractivity contribution in [1.82, 2.24) is 14.7 Å². The predicted octanol–water partition coefficient (Wildman–Crippen LogP) is 2.56. The van der Waals surface area contributed by atoms with Gasteiger partial charge < -0.3 is 9.64 Å². The first-order chi connectivity index (χ1) is 10.1. The quantitative estimate of drug-likeness (QED) is 0.842. The molecule has 2 atom stereocenters. The lowest BCUT2D eigenvalue weighted by atomic mass is 10.1. The van der Waals surface area contributed by atoms with Gasteiger partial charge in [-0.05, 0) is 27.7 Å². The highest BCUT2D eigenvalue weighted by Crippen LogP contribution is 2.32. The van der Waals surface area contributed by atoms with Gasteiger partial charge in [-0.3, -0.25) is 9.48 Å². The molecule has 0 radical (unpaired) electrons. The van der Waals surface area contributed by atoms with Crippen molar-refractivity contribution in [2.45, 2.75) is 52.1 Å². The van der Waals surface area contributed by atoms with Crippen LogP contribution < -0.4 is 0 Å². The van der Waals surface area contributed by atoms with Gasteiger partial charge in [0.25, 0.3) is 5.91 Å². The first-order valence-corrected chi connectivity index (χ1v) is 7.18. The highest BCUT2D eigenvalue weighted by Gasteiger charge is 2.51. The molecule has 0 bridgehead atoms. The highest BCUT2D eigenvalue weighted by molar-refractivity contribution is 5.95. The van der Waals surface area contributed by atoms with Crippen LogP contribution >= 0.6 is 0 Å². The molecule has 0 aliphatic carbocycles. The molecular weight excluding hydrogens is 299 g/mol. The molecule has 5 nitrogen and oxygen atoms in total. The number of amides is 1. The van der Waals surface area contributed by atoms with E-state index in [9.17, 15) is 18.0 Å². The number of hydrogen-bond acceptors (Lipinski definition) is 3. The molecule has 1 amide bonds. The number of aryl methyl sites for hydroxylation is 1. The molecule has 1 aromatic rings. The lowest BCUT2D eigenvalue weighted by molar-refractivity contribution is -0.220. The minimum Gasteiger partial charge on any atom is -0.374 e. The van der Waals surface area contributed by atoms with Gasteiger partial charge in [0, 0.05) is 18.8 Å². The third kappa shape index (κ3) is 3.11. The number of hydrogen-bond donors (Lipinski definition) is 0. The second-order valence-electron chi connectivity index (χ2n) is 5.76. The van der Waals surface area contributed by atoms with Crippen LogP contribution in [0.25, 0.3) is 0 Å². The summed E-state index contributed by atoms with van der Waals surface area (Å²) in [6.07, 6.45) is -4.11. The molecule has 1 saturated heterocycles. The average Bonchev–Trinajstić information content (AvgIpc) is 2.78. The number of carbonyl (C=O) groups excluding carboxylic acids is 1. The second kappa shape index (κ2) is 5.91. The largest absolute Gasteiger partial charge is 0.411 e. The Hall–Kier alpha value is -1.57. The van der Waals surface area contributed by atoms with E-state index in [2.05, 4.69) is 5.10 Å². The Morgan fingerprint density at radius 1 is 1.45 bits per heavy atom. The van der Waals surface area contributed by atoms with Crippen molar-refractivity contribution >= 4 is 5.91 Å². The molecule has 1 aromatic heterocycles. The molecule has 2 heterocycles. The molecular formula is C14H20F3N3O2. The summed E-state index contributed by atoms with van der Waals surface area (Å²) in [4.78, 5) is 13.4. The zero-order valence-electron chi connectivity index (χ0n) is 13.0. The first kappa shape index (κ1) is 16.8. The van der Waals surface area contributed by atoms with E-state index in [0.29, 0.717) is 5.69 Å². The summed E-state index contributed by atoms with van der Waals surface area (Å²) in [5.74, 6) is -0.651. The minimum atomic E-state index is -4.53. The normalized spacial score (nSPS) is 23.2. The summed E-state index contributed by atoms with van der Waals surface area (Å²) in [7, 11) is 0. The summed E-state index contributed by atoms with van der Waals surface area (Å²) in [5, 5.41) is 4.19. The van der Waals surface area contributed by atoms with E-state index in [1.807, 2.05) is 13.8 Å². The van der Waals surface area contributed by atoms with Crippen molar-refractivity contribution < 1.29 is 22.7 Å². The summed E-state index contributed by atoms with van der Waals surface area (Å²) in [6, 6.07) is -1.90. The summed E-state index contributed by atoms with van der Waals surface area (Å²) in [5.41, 5.74) is 0.635. The van der Waals surface area contributed by atoms with Gasteiger partial charge >= 0.3 is 6.18 Å². The van der Waals surface area contributed by atoms with Crippen LogP contribution in [0.4, 0.5) is 13.2 Å². The number of aromatic nitrogens is 2. The summed E-state index contributed by atoms with van der Waals surface area (Å²) < 4.78 is 46.4. The van der Waals surface area contributed by atoms with E-state index in [-0.39, 0.29) is 24.8 Å². The fourth-order valence-corrected chi connectivity index (χ4v) is 2.60. The number of alkyl halides is 3. The van der Waals surface area contributed by atoms with E-state index in [0.717, 1.165) is 4.90 Å². The Labute approximate surface area is 127 Å². The number of ether oxygens (including phenoxy) is 1. The number of halogens is 3. The first-order valence-electron chi connectivity index (χ1n) is 7.18. The fourth-order valence-electron chi connectivity index (χ4n) is 2.60. The maximum atomic E-state index is 13.3. The van der Waals surface area contributed by atoms with Crippen LogP contribution in [-0.2, 0) is 4.74 Å². The number of rotatable bonds is 2. The van der Waals surface area contributed by atoms with Gasteiger partial charge in [-0.1, -0.05) is 0 Å². The van der Waals surface area contributed by atoms with Gasteiger partial charge in [0.05, 0.1) is 24.0 Å². The van der Waals surface area contributed by atoms with Crippen molar-refractivity contribution in [2.75, 3.05) is 13.2 Å². The molecule has 0 N–H and O–H groups in total. The predicted molar refractivity (Wildman–Crippen MR) is 73.6 cm³/mol. The van der Waals surface area contributed by atoms with Crippen LogP contribution in [0.2, 0.25) is 0 Å². The summed E-state index contributed by atoms with van der Waals surface area (Å²) >= 11 is 0. The van der Waals surface area contributed by atoms with Gasteiger partial charge in [-0.25, -0.2) is 0 Å². The van der Waals surface area contributed by atoms with Crippen LogP contribution in [-0.4, -0.2) is 52.1 Å². The minimum absolute atomic E-state index is 0.0299. The van der Waals surface area contributed by atoms with Crippen molar-refractivity contribution in [3.05, 3.63) is 17.5 Å². The van der Waals surface area contributed by atoms with Crippen molar-refractivity contribution in [3.63, 3.8) is 0 Å². The van der Waals surface area contributed by atoms with E-state index in [1.165, 1.54) is 13.1 Å². The Balaban J connectivity index is 2.34. The van der Waals surface area contributed by atoms with E-state index in [4.69, 9.17) is 4.74 Å². The molecule has 2 rings (SSSR count). The lowest BCUT2D eigenvalue weighted by Crippen LogP contribution is -2.59. The van der Waals surface area contributed by atoms with Crippen LogP contribution in [0.15, 0.2) is 6.20 Å². The van der Waals surface area contributed by atoms with Crippen LogP contribution in [0.3, 0.4) is 0 Å². The highest BCUT2D eigenvalue weighted by atomic mass is 19.4. The number of morpholine rings is 1. The molecule has 124 valence electrons. The Kier molecular flexibility index (Phi) is 4.51. The molecule has 1 fully saturated rings. The Morgan fingerprint density at radius 2 is 2.09 bits per heavy atom. The van der Waals surface area contributed by atoms with Gasteiger partial charge in [0.2, 0.25) is 0 Å². The van der Waals surface area contributed by atoms with Crippen molar-refractivity contribution in [3.8, 4) is 0 Å². The van der Waals surface area contributed by atoms with E-state index in [1.54, 1.807) is 11.6 Å². The van der Waals surface area contributed by atoms with Gasteiger partial charge in [0.15, 0.2) is 6.04 Å². The lowest BCUT2D eigenvalue weighted by Gasteiger charge is -2.40. The third-order valence-electron chi connectivity index (χ3n) is 3.77. The molecule has 0 aromatic carbocycles. The molecule has 0 unspecified atom stereocenters. The fraction of sp³-hybridized carbons (Fsp3) is 0.714. The third-order valence-corrected chi connectivity index (χ3v) is 3.77. The van der Waals surface area contributed by atoms with Crippen molar-refractivity contribution in [1.29, 1.82) is 0 Å². The Bertz CT molecular complexity index is 554. The smallest absolute Gasteiger partial charge is 0.374 e. The van der Waals surface area contributed by atoms with E-state index < -0.39 is 24.2 Å². The number of nitrogens with zero attached hydrogens (tertiary/aromatic N) is 3.